The number of carbonyl (C=O) groups is 1. The van der Waals surface area contributed by atoms with Gasteiger partial charge in [-0.05, 0) is 36.8 Å². The normalized spacial score (nSPS) is 10.2. The molecule has 1 heterocycles. The molecular formula is C14H12FNO2. The van der Waals surface area contributed by atoms with E-state index in [0.29, 0.717) is 5.56 Å². The van der Waals surface area contributed by atoms with Crippen molar-refractivity contribution in [3.05, 3.63) is 47.9 Å². The number of rotatable bonds is 2. The van der Waals surface area contributed by atoms with Gasteiger partial charge in [-0.15, -0.1) is 0 Å². The molecule has 0 saturated carbocycles. The SMILES string of the molecule is CC(=O)Oc1nc(C)ccc1-c1ccc(F)cc1. The fourth-order valence-corrected chi connectivity index (χ4v) is 1.60. The molecule has 1 aromatic heterocycles. The highest BCUT2D eigenvalue weighted by Gasteiger charge is 2.10. The van der Waals surface area contributed by atoms with Crippen LogP contribution in [0.5, 0.6) is 5.88 Å². The Morgan fingerprint density at radius 2 is 1.83 bits per heavy atom. The van der Waals surface area contributed by atoms with Crippen molar-refractivity contribution in [3.8, 4) is 17.0 Å². The number of benzene rings is 1. The molecule has 0 aliphatic heterocycles. The number of aromatic nitrogens is 1. The van der Waals surface area contributed by atoms with Crippen molar-refractivity contribution in [2.45, 2.75) is 13.8 Å². The van der Waals surface area contributed by atoms with Crippen LogP contribution in [0, 0.1) is 12.7 Å². The van der Waals surface area contributed by atoms with Crippen LogP contribution in [0.2, 0.25) is 0 Å². The molecule has 3 nitrogen and oxygen atoms in total. The molecule has 0 aliphatic carbocycles. The van der Waals surface area contributed by atoms with E-state index in [1.165, 1.54) is 19.1 Å². The van der Waals surface area contributed by atoms with Gasteiger partial charge in [-0.1, -0.05) is 12.1 Å². The van der Waals surface area contributed by atoms with Crippen molar-refractivity contribution < 1.29 is 13.9 Å². The topological polar surface area (TPSA) is 39.2 Å². The summed E-state index contributed by atoms with van der Waals surface area (Å²) in [6, 6.07) is 9.56. The van der Waals surface area contributed by atoms with Crippen molar-refractivity contribution in [2.24, 2.45) is 0 Å². The minimum absolute atomic E-state index is 0.245. The maximum absolute atomic E-state index is 12.9. The first kappa shape index (κ1) is 12.2. The lowest BCUT2D eigenvalue weighted by Crippen LogP contribution is -2.05. The molecule has 0 fully saturated rings. The van der Waals surface area contributed by atoms with Gasteiger partial charge in [0, 0.05) is 18.2 Å². The van der Waals surface area contributed by atoms with E-state index < -0.39 is 5.97 Å². The van der Waals surface area contributed by atoms with Crippen LogP contribution in [0.4, 0.5) is 4.39 Å². The van der Waals surface area contributed by atoms with E-state index in [2.05, 4.69) is 4.98 Å². The average Bonchev–Trinajstić information content (AvgIpc) is 2.30. The molecule has 18 heavy (non-hydrogen) atoms. The van der Waals surface area contributed by atoms with E-state index in [1.807, 2.05) is 6.07 Å². The number of hydrogen-bond donors (Lipinski definition) is 0. The Morgan fingerprint density at radius 3 is 2.44 bits per heavy atom. The highest BCUT2D eigenvalue weighted by atomic mass is 19.1. The lowest BCUT2D eigenvalue weighted by molar-refractivity contribution is -0.132. The number of nitrogens with zero attached hydrogens (tertiary/aromatic N) is 1. The quantitative estimate of drug-likeness (QED) is 0.763. The summed E-state index contributed by atoms with van der Waals surface area (Å²) < 4.78 is 17.9. The van der Waals surface area contributed by atoms with E-state index in [1.54, 1.807) is 25.1 Å². The van der Waals surface area contributed by atoms with E-state index in [4.69, 9.17) is 4.74 Å². The maximum Gasteiger partial charge on any atom is 0.309 e. The standard InChI is InChI=1S/C14H12FNO2/c1-9-3-8-13(14(16-9)18-10(2)17)11-4-6-12(15)7-5-11/h3-8H,1-2H3. The van der Waals surface area contributed by atoms with Crippen LogP contribution in [0.1, 0.15) is 12.6 Å². The second kappa shape index (κ2) is 4.96. The van der Waals surface area contributed by atoms with Crippen molar-refractivity contribution in [1.82, 2.24) is 4.98 Å². The Labute approximate surface area is 104 Å². The number of carbonyl (C=O) groups excluding carboxylic acids is 1. The van der Waals surface area contributed by atoms with Gasteiger partial charge in [0.25, 0.3) is 0 Å². The molecule has 2 rings (SSSR count). The Morgan fingerprint density at radius 1 is 1.17 bits per heavy atom. The van der Waals surface area contributed by atoms with Gasteiger partial charge in [-0.3, -0.25) is 4.79 Å². The van der Waals surface area contributed by atoms with Crippen molar-refractivity contribution in [2.75, 3.05) is 0 Å². The zero-order valence-electron chi connectivity index (χ0n) is 10.1. The number of ether oxygens (including phenoxy) is 1. The summed E-state index contributed by atoms with van der Waals surface area (Å²) in [5.41, 5.74) is 2.16. The van der Waals surface area contributed by atoms with Crippen molar-refractivity contribution >= 4 is 5.97 Å². The number of halogens is 1. The van der Waals surface area contributed by atoms with Gasteiger partial charge in [0.2, 0.25) is 5.88 Å². The zero-order chi connectivity index (χ0) is 13.1. The predicted molar refractivity (Wildman–Crippen MR) is 65.7 cm³/mol. The molecule has 0 unspecified atom stereocenters. The monoisotopic (exact) mass is 245 g/mol. The first-order chi connectivity index (χ1) is 8.56. The molecule has 0 aliphatic rings. The lowest BCUT2D eigenvalue weighted by atomic mass is 10.1. The number of aryl methyl sites for hydroxylation is 1. The fourth-order valence-electron chi connectivity index (χ4n) is 1.60. The second-order valence-electron chi connectivity index (χ2n) is 3.91. The molecule has 92 valence electrons. The third-order valence-electron chi connectivity index (χ3n) is 2.40. The van der Waals surface area contributed by atoms with Gasteiger partial charge in [0.05, 0.1) is 0 Å². The van der Waals surface area contributed by atoms with Gasteiger partial charge < -0.3 is 4.74 Å². The zero-order valence-corrected chi connectivity index (χ0v) is 10.1. The van der Waals surface area contributed by atoms with E-state index >= 15 is 0 Å². The minimum atomic E-state index is -0.434. The first-order valence-electron chi connectivity index (χ1n) is 5.48. The summed E-state index contributed by atoms with van der Waals surface area (Å²) >= 11 is 0. The van der Waals surface area contributed by atoms with Crippen LogP contribution in [0.25, 0.3) is 11.1 Å². The largest absolute Gasteiger partial charge is 0.407 e. The molecule has 0 spiro atoms. The van der Waals surface area contributed by atoms with Crippen LogP contribution >= 0.6 is 0 Å². The van der Waals surface area contributed by atoms with Crippen LogP contribution in [-0.2, 0) is 4.79 Å². The third-order valence-corrected chi connectivity index (χ3v) is 2.40. The van der Waals surface area contributed by atoms with Gasteiger partial charge in [-0.25, -0.2) is 9.37 Å². The van der Waals surface area contributed by atoms with Crippen molar-refractivity contribution in [1.29, 1.82) is 0 Å². The Bertz CT molecular complexity index is 579. The van der Waals surface area contributed by atoms with Crippen molar-refractivity contribution in [3.63, 3.8) is 0 Å². The maximum atomic E-state index is 12.9. The van der Waals surface area contributed by atoms with Crippen LogP contribution in [-0.4, -0.2) is 11.0 Å². The third kappa shape index (κ3) is 2.71. The smallest absolute Gasteiger partial charge is 0.309 e. The highest BCUT2D eigenvalue weighted by Crippen LogP contribution is 2.28. The molecule has 1 aromatic carbocycles. The molecule has 4 heteroatoms. The summed E-state index contributed by atoms with van der Waals surface area (Å²) in [5.74, 6) is -0.501. The van der Waals surface area contributed by atoms with E-state index in [-0.39, 0.29) is 11.7 Å². The Kier molecular flexibility index (Phi) is 3.37. The second-order valence-corrected chi connectivity index (χ2v) is 3.91. The van der Waals surface area contributed by atoms with E-state index in [9.17, 15) is 9.18 Å². The molecule has 0 atom stereocenters. The lowest BCUT2D eigenvalue weighted by Gasteiger charge is -2.08. The molecule has 0 amide bonds. The Balaban J connectivity index is 2.49. The van der Waals surface area contributed by atoms with Gasteiger partial charge in [0.15, 0.2) is 0 Å². The fraction of sp³-hybridized carbons (Fsp3) is 0.143. The summed E-state index contributed by atoms with van der Waals surface area (Å²) in [5, 5.41) is 0. The number of pyridine rings is 1. The summed E-state index contributed by atoms with van der Waals surface area (Å²) in [6.45, 7) is 3.12. The molecule has 0 bridgehead atoms. The number of esters is 1. The minimum Gasteiger partial charge on any atom is -0.407 e. The van der Waals surface area contributed by atoms with Gasteiger partial charge in [-0.2, -0.15) is 0 Å². The molecular weight excluding hydrogens is 233 g/mol. The summed E-state index contributed by atoms with van der Waals surface area (Å²) in [4.78, 5) is 15.2. The van der Waals surface area contributed by atoms with Crippen LogP contribution < -0.4 is 4.74 Å². The van der Waals surface area contributed by atoms with Crippen LogP contribution in [0.3, 0.4) is 0 Å². The van der Waals surface area contributed by atoms with Crippen LogP contribution in [0.15, 0.2) is 36.4 Å². The van der Waals surface area contributed by atoms with Gasteiger partial charge in [0.1, 0.15) is 5.82 Å². The predicted octanol–water partition coefficient (Wildman–Crippen LogP) is 3.12. The Hall–Kier alpha value is -2.23. The van der Waals surface area contributed by atoms with Gasteiger partial charge >= 0.3 is 5.97 Å². The first-order valence-corrected chi connectivity index (χ1v) is 5.48. The summed E-state index contributed by atoms with van der Waals surface area (Å²) in [7, 11) is 0. The molecule has 0 N–H and O–H groups in total. The average molecular weight is 245 g/mol. The molecule has 0 saturated heterocycles. The summed E-state index contributed by atoms with van der Waals surface area (Å²) in [6.07, 6.45) is 0. The molecule has 2 aromatic rings. The number of hydrogen-bond acceptors (Lipinski definition) is 3. The highest BCUT2D eigenvalue weighted by molar-refractivity contribution is 5.75. The van der Waals surface area contributed by atoms with E-state index in [0.717, 1.165) is 11.3 Å². The molecule has 0 radical (unpaired) electrons.